The van der Waals surface area contributed by atoms with Gasteiger partial charge in [-0.3, -0.25) is 0 Å². The molecule has 0 fully saturated rings. The van der Waals surface area contributed by atoms with Crippen LogP contribution in [0.25, 0.3) is 72.5 Å². The number of aliphatic imine (C=N–C) groups is 2. The third-order valence-electron chi connectivity index (χ3n) is 11.6. The van der Waals surface area contributed by atoms with E-state index in [4.69, 9.17) is 9.98 Å². The minimum absolute atomic E-state index is 0.688. The van der Waals surface area contributed by atoms with Crippen molar-refractivity contribution in [2.45, 2.75) is 12.8 Å². The fourth-order valence-corrected chi connectivity index (χ4v) is 8.71. The molecule has 0 spiro atoms. The van der Waals surface area contributed by atoms with Gasteiger partial charge in [0.2, 0.25) is 0 Å². The maximum atomic E-state index is 5.53. The Kier molecular flexibility index (Phi) is 10.9. The lowest BCUT2D eigenvalue weighted by Gasteiger charge is -2.24. The highest BCUT2D eigenvalue weighted by Gasteiger charge is 2.24. The first-order valence-electron chi connectivity index (χ1n) is 21.4. The van der Waals surface area contributed by atoms with Gasteiger partial charge in [-0.15, -0.1) is 0 Å². The molecule has 10 rings (SSSR count). The van der Waals surface area contributed by atoms with Crippen molar-refractivity contribution in [3.8, 4) is 66.8 Å². The van der Waals surface area contributed by atoms with E-state index in [0.717, 1.165) is 79.9 Å². The molecular formula is C60H44N2. The molecule has 0 amide bonds. The zero-order valence-corrected chi connectivity index (χ0v) is 34.4. The second-order valence-corrected chi connectivity index (χ2v) is 15.5. The highest BCUT2D eigenvalue weighted by atomic mass is 14.9. The summed E-state index contributed by atoms with van der Waals surface area (Å²) in [5.41, 5.74) is 19.0. The zero-order chi connectivity index (χ0) is 41.5. The number of hydrogen-bond acceptors (Lipinski definition) is 2. The third-order valence-corrected chi connectivity index (χ3v) is 11.6. The summed E-state index contributed by atoms with van der Waals surface area (Å²) in [6.45, 7) is 0. The Morgan fingerprint density at radius 3 is 1.23 bits per heavy atom. The topological polar surface area (TPSA) is 24.7 Å². The van der Waals surface area contributed by atoms with Crippen molar-refractivity contribution in [3.63, 3.8) is 0 Å². The highest BCUT2D eigenvalue weighted by Crippen LogP contribution is 2.50. The van der Waals surface area contributed by atoms with Gasteiger partial charge >= 0.3 is 0 Å². The van der Waals surface area contributed by atoms with Gasteiger partial charge in [0.15, 0.2) is 5.84 Å². The number of amidine groups is 1. The average Bonchev–Trinajstić information content (AvgIpc) is 3.35. The number of allylic oxidation sites excluding steroid dienone is 1. The molecule has 9 aromatic carbocycles. The molecule has 0 unspecified atom stereocenters. The van der Waals surface area contributed by atoms with Crippen LogP contribution in [0.1, 0.15) is 29.5 Å². The summed E-state index contributed by atoms with van der Waals surface area (Å²) < 4.78 is 0. The molecule has 2 heteroatoms. The van der Waals surface area contributed by atoms with Crippen LogP contribution in [0.4, 0.5) is 0 Å². The summed E-state index contributed by atoms with van der Waals surface area (Å²) in [5.74, 6) is 0.688. The van der Waals surface area contributed by atoms with Crippen molar-refractivity contribution in [2.75, 3.05) is 0 Å². The van der Waals surface area contributed by atoms with E-state index >= 15 is 0 Å². The maximum absolute atomic E-state index is 5.53. The Morgan fingerprint density at radius 1 is 0.274 bits per heavy atom. The minimum atomic E-state index is 0.688. The molecule has 0 saturated heterocycles. The van der Waals surface area contributed by atoms with Crippen LogP contribution >= 0.6 is 0 Å². The Bertz CT molecular complexity index is 3060. The first-order valence-corrected chi connectivity index (χ1v) is 21.4. The maximum Gasteiger partial charge on any atom is 0.160 e. The largest absolute Gasteiger partial charge is 0.232 e. The zero-order valence-electron chi connectivity index (χ0n) is 34.4. The van der Waals surface area contributed by atoms with Crippen molar-refractivity contribution in [3.05, 3.63) is 259 Å². The Balaban J connectivity index is 1.24. The summed E-state index contributed by atoms with van der Waals surface area (Å²) in [4.78, 5) is 11.0. The molecule has 0 saturated carbocycles. The summed E-state index contributed by atoms with van der Waals surface area (Å²) >= 11 is 0. The molecule has 1 aliphatic heterocycles. The van der Waals surface area contributed by atoms with E-state index in [1.165, 1.54) is 27.8 Å². The molecule has 0 radical (unpaired) electrons. The molecule has 0 aliphatic carbocycles. The number of benzene rings is 9. The lowest BCUT2D eigenvalue weighted by molar-refractivity contribution is 1.08. The molecule has 0 atom stereocenters. The van der Waals surface area contributed by atoms with Crippen molar-refractivity contribution in [2.24, 2.45) is 9.98 Å². The van der Waals surface area contributed by atoms with Gasteiger partial charge in [-0.25, -0.2) is 9.98 Å². The smallest absolute Gasteiger partial charge is 0.160 e. The molecule has 1 heterocycles. The van der Waals surface area contributed by atoms with Crippen LogP contribution in [0.3, 0.4) is 0 Å². The van der Waals surface area contributed by atoms with Crippen LogP contribution in [0.5, 0.6) is 0 Å². The lowest BCUT2D eigenvalue weighted by Crippen LogP contribution is -2.09. The summed E-state index contributed by atoms with van der Waals surface area (Å²) in [7, 11) is 0. The predicted octanol–water partition coefficient (Wildman–Crippen LogP) is 15.8. The van der Waals surface area contributed by atoms with Crippen molar-refractivity contribution < 1.29 is 0 Å². The van der Waals surface area contributed by atoms with Gasteiger partial charge < -0.3 is 0 Å². The van der Waals surface area contributed by atoms with E-state index in [9.17, 15) is 0 Å². The van der Waals surface area contributed by atoms with Gasteiger partial charge in [0.1, 0.15) is 0 Å². The molecule has 0 bridgehead atoms. The van der Waals surface area contributed by atoms with Crippen LogP contribution in [-0.4, -0.2) is 11.5 Å². The van der Waals surface area contributed by atoms with Crippen molar-refractivity contribution >= 4 is 17.2 Å². The first kappa shape index (κ1) is 38.3. The Morgan fingerprint density at radius 2 is 0.677 bits per heavy atom. The second kappa shape index (κ2) is 17.7. The van der Waals surface area contributed by atoms with Crippen LogP contribution in [0.15, 0.2) is 253 Å². The molecule has 62 heavy (non-hydrogen) atoms. The van der Waals surface area contributed by atoms with E-state index in [1.54, 1.807) is 0 Å². The van der Waals surface area contributed by atoms with Gasteiger partial charge in [0.05, 0.1) is 11.4 Å². The third kappa shape index (κ3) is 7.90. The average molecular weight is 793 g/mol. The molecule has 294 valence electrons. The van der Waals surface area contributed by atoms with Crippen LogP contribution in [0, 0.1) is 0 Å². The summed E-state index contributed by atoms with van der Waals surface area (Å²) in [5, 5.41) is 0. The van der Waals surface area contributed by atoms with E-state index in [2.05, 4.69) is 243 Å². The standard InChI is InChI=1S/C60H44N2/c1-7-23-43(24-8-1)51-37-19-20-38-52(51)56-40-22-39-55(45-27-11-3-12-28-45)61-60(62-56)50-36-21-35-49(41-50)54-42-53(44-25-9-2-10-26-44)57(46-29-13-4-14-30-46)59(48-33-17-6-18-34-48)58(54)47-31-15-5-16-32-47/h1-21,23-38,40-42H,22,39H2. The van der Waals surface area contributed by atoms with Crippen molar-refractivity contribution in [1.29, 1.82) is 0 Å². The predicted molar refractivity (Wildman–Crippen MR) is 262 cm³/mol. The molecule has 1 aliphatic rings. The second-order valence-electron chi connectivity index (χ2n) is 15.5. The van der Waals surface area contributed by atoms with Crippen LogP contribution < -0.4 is 0 Å². The van der Waals surface area contributed by atoms with Gasteiger partial charge in [0.25, 0.3) is 0 Å². The van der Waals surface area contributed by atoms with Crippen LogP contribution in [0.2, 0.25) is 0 Å². The SMILES string of the molecule is C1=C(c2ccccc2-c2ccccc2)N=C(c2cccc(-c3cc(-c4ccccc4)c(-c4ccccc4)c(-c4ccccc4)c3-c3ccccc3)c2)N=C(c2ccccc2)CC1. The number of nitrogens with zero attached hydrogens (tertiary/aromatic N) is 2. The lowest BCUT2D eigenvalue weighted by atomic mass is 9.79. The summed E-state index contributed by atoms with van der Waals surface area (Å²) in [6, 6.07) is 84.4. The van der Waals surface area contributed by atoms with Gasteiger partial charge in [-0.2, -0.15) is 0 Å². The molecule has 0 N–H and O–H groups in total. The number of hydrogen-bond donors (Lipinski definition) is 0. The fourth-order valence-electron chi connectivity index (χ4n) is 8.71. The normalized spacial score (nSPS) is 12.7. The monoisotopic (exact) mass is 792 g/mol. The van der Waals surface area contributed by atoms with E-state index in [-0.39, 0.29) is 0 Å². The molecule has 9 aromatic rings. The highest BCUT2D eigenvalue weighted by molar-refractivity contribution is 6.15. The quantitative estimate of drug-likeness (QED) is 0.139. The number of rotatable bonds is 9. The first-order chi connectivity index (χ1) is 30.8. The Hall–Kier alpha value is -7.94. The van der Waals surface area contributed by atoms with Crippen LogP contribution in [-0.2, 0) is 0 Å². The van der Waals surface area contributed by atoms with Gasteiger partial charge in [0, 0.05) is 11.1 Å². The van der Waals surface area contributed by atoms with E-state index < -0.39 is 0 Å². The summed E-state index contributed by atoms with van der Waals surface area (Å²) in [6.07, 6.45) is 3.90. The van der Waals surface area contributed by atoms with Crippen molar-refractivity contribution in [1.82, 2.24) is 0 Å². The minimum Gasteiger partial charge on any atom is -0.232 e. The Labute approximate surface area is 364 Å². The fraction of sp³-hybridized carbons (Fsp3) is 0.0333. The molecule has 0 aromatic heterocycles. The van der Waals surface area contributed by atoms with E-state index in [0.29, 0.717) is 5.84 Å². The van der Waals surface area contributed by atoms with Gasteiger partial charge in [-0.05, 0) is 97.3 Å². The molecule has 2 nitrogen and oxygen atoms in total. The van der Waals surface area contributed by atoms with Gasteiger partial charge in [-0.1, -0.05) is 231 Å². The molecular weight excluding hydrogens is 749 g/mol. The van der Waals surface area contributed by atoms with E-state index in [1.807, 2.05) is 0 Å².